The number of hydrogen-bond acceptors (Lipinski definition) is 4. The molecular formula is C20H22Cl2FN3O3. The van der Waals surface area contributed by atoms with Crippen LogP contribution < -0.4 is 10.3 Å². The molecule has 1 N–H and O–H groups in total. The zero-order valence-electron chi connectivity index (χ0n) is 16.0. The van der Waals surface area contributed by atoms with Crippen LogP contribution >= 0.6 is 24.0 Å². The number of aromatic nitrogens is 1. The second kappa shape index (κ2) is 7.97. The monoisotopic (exact) mass is 441 g/mol. The van der Waals surface area contributed by atoms with Gasteiger partial charge in [-0.2, -0.15) is 0 Å². The molecule has 2 fully saturated rings. The van der Waals surface area contributed by atoms with Crippen LogP contribution in [0.15, 0.2) is 23.6 Å². The molecule has 9 heteroatoms. The molecule has 0 radical (unpaired) electrons. The van der Waals surface area contributed by atoms with Crippen LogP contribution in [0.2, 0.25) is 0 Å². The Morgan fingerprint density at radius 1 is 1.28 bits per heavy atom. The number of pyridine rings is 1. The molecule has 1 aliphatic carbocycles. The van der Waals surface area contributed by atoms with Gasteiger partial charge in [-0.1, -0.05) is 18.2 Å². The number of likely N-dealkylation sites (N-methyl/N-ethyl adjacent to an activating group) is 1. The molecule has 1 saturated carbocycles. The number of hydrogen-bond donors (Lipinski definition) is 1. The first-order chi connectivity index (χ1) is 13.3. The van der Waals surface area contributed by atoms with Crippen molar-refractivity contribution in [3.05, 3.63) is 46.0 Å². The Bertz CT molecular complexity index is 1060. The molecule has 2 aromatic rings. The summed E-state index contributed by atoms with van der Waals surface area (Å²) in [5.41, 5.74) is 0.104. The quantitative estimate of drug-likeness (QED) is 0.785. The number of anilines is 1. The number of piperazine rings is 1. The van der Waals surface area contributed by atoms with Crippen molar-refractivity contribution in [3.63, 3.8) is 0 Å². The summed E-state index contributed by atoms with van der Waals surface area (Å²) in [6.45, 7) is 6.62. The van der Waals surface area contributed by atoms with Crippen molar-refractivity contribution in [1.29, 1.82) is 0 Å². The molecule has 1 aliphatic heterocycles. The fourth-order valence-corrected chi connectivity index (χ4v) is 4.05. The first kappa shape index (κ1) is 21.6. The molecule has 1 aromatic heterocycles. The molecule has 2 heterocycles. The Hall–Kier alpha value is -2.09. The number of carbonyl (C=O) groups is 1. The Labute approximate surface area is 178 Å². The maximum absolute atomic E-state index is 15.2. The van der Waals surface area contributed by atoms with Gasteiger partial charge in [0.25, 0.3) is 0 Å². The van der Waals surface area contributed by atoms with Gasteiger partial charge in [0.1, 0.15) is 11.4 Å². The smallest absolute Gasteiger partial charge is 0.341 e. The van der Waals surface area contributed by atoms with Crippen molar-refractivity contribution in [1.82, 2.24) is 9.47 Å². The molecule has 1 saturated heterocycles. The van der Waals surface area contributed by atoms with Gasteiger partial charge in [-0.05, 0) is 26.0 Å². The zero-order valence-corrected chi connectivity index (χ0v) is 17.5. The SMILES string of the molecule is C=C(Cl)c1c(N2CCN(C)CC2)c(F)cc2c(=O)c(C(=O)O)cn(C3CC3)c12.Cl. The van der Waals surface area contributed by atoms with E-state index in [-0.39, 0.29) is 34.4 Å². The van der Waals surface area contributed by atoms with E-state index in [1.54, 1.807) is 4.57 Å². The predicted octanol–water partition coefficient (Wildman–Crippen LogP) is 3.56. The van der Waals surface area contributed by atoms with Gasteiger partial charge in [0.15, 0.2) is 0 Å². The lowest BCUT2D eigenvalue weighted by Gasteiger charge is -2.35. The van der Waals surface area contributed by atoms with Crippen LogP contribution in [0, 0.1) is 5.82 Å². The molecule has 156 valence electrons. The average molecular weight is 442 g/mol. The zero-order chi connectivity index (χ0) is 20.2. The van der Waals surface area contributed by atoms with E-state index in [0.29, 0.717) is 29.9 Å². The van der Waals surface area contributed by atoms with Crippen molar-refractivity contribution in [2.75, 3.05) is 38.1 Å². The summed E-state index contributed by atoms with van der Waals surface area (Å²) in [4.78, 5) is 28.4. The van der Waals surface area contributed by atoms with Gasteiger partial charge in [-0.3, -0.25) is 4.79 Å². The van der Waals surface area contributed by atoms with Crippen LogP contribution in [-0.4, -0.2) is 53.8 Å². The van der Waals surface area contributed by atoms with E-state index >= 15 is 4.39 Å². The minimum absolute atomic E-state index is 0. The van der Waals surface area contributed by atoms with Gasteiger partial charge >= 0.3 is 5.97 Å². The number of aromatic carboxylic acids is 1. The van der Waals surface area contributed by atoms with E-state index in [1.165, 1.54) is 6.20 Å². The van der Waals surface area contributed by atoms with Crippen molar-refractivity contribution in [2.45, 2.75) is 18.9 Å². The van der Waals surface area contributed by atoms with Crippen molar-refractivity contribution >= 4 is 51.6 Å². The van der Waals surface area contributed by atoms with Gasteiger partial charge in [0.05, 0.1) is 16.6 Å². The van der Waals surface area contributed by atoms with E-state index in [1.807, 2.05) is 11.9 Å². The van der Waals surface area contributed by atoms with Gasteiger partial charge in [0.2, 0.25) is 5.43 Å². The second-order valence-corrected chi connectivity index (χ2v) is 7.95. The lowest BCUT2D eigenvalue weighted by Crippen LogP contribution is -2.45. The van der Waals surface area contributed by atoms with Gasteiger partial charge in [0, 0.05) is 49.0 Å². The molecule has 29 heavy (non-hydrogen) atoms. The maximum atomic E-state index is 15.2. The van der Waals surface area contributed by atoms with Crippen LogP contribution in [0.3, 0.4) is 0 Å². The molecular weight excluding hydrogens is 420 g/mol. The minimum Gasteiger partial charge on any atom is -0.477 e. The Morgan fingerprint density at radius 3 is 2.41 bits per heavy atom. The second-order valence-electron chi connectivity index (χ2n) is 7.49. The highest BCUT2D eigenvalue weighted by Gasteiger charge is 2.31. The Kier molecular flexibility index (Phi) is 5.94. The van der Waals surface area contributed by atoms with E-state index in [2.05, 4.69) is 11.5 Å². The average Bonchev–Trinajstić information content (AvgIpc) is 3.47. The van der Waals surface area contributed by atoms with Crippen LogP contribution in [0.25, 0.3) is 15.9 Å². The molecule has 1 aromatic carbocycles. The highest BCUT2D eigenvalue weighted by atomic mass is 35.5. The topological polar surface area (TPSA) is 65.8 Å². The minimum atomic E-state index is -1.32. The van der Waals surface area contributed by atoms with E-state index in [9.17, 15) is 14.7 Å². The number of fused-ring (bicyclic) bond motifs is 1. The molecule has 0 bridgehead atoms. The van der Waals surface area contributed by atoms with E-state index in [0.717, 1.165) is 32.0 Å². The van der Waals surface area contributed by atoms with Crippen LogP contribution in [-0.2, 0) is 0 Å². The standard InChI is InChI=1S/C20H21ClFN3O3.ClH/c1-11(21)16-17-13(9-15(22)18(16)24-7-5-23(2)6-8-24)19(26)14(20(27)28)10-25(17)12-3-4-12;/h9-10,12H,1,3-8H2,2H3,(H,27,28);1H. The number of rotatable bonds is 4. The van der Waals surface area contributed by atoms with Crippen LogP contribution in [0.5, 0.6) is 0 Å². The van der Waals surface area contributed by atoms with Gasteiger partial charge < -0.3 is 19.5 Å². The number of halogens is 3. The molecule has 2 aliphatic rings. The number of carboxylic acid groups (broad SMARTS) is 1. The molecule has 6 nitrogen and oxygen atoms in total. The molecule has 0 unspecified atom stereocenters. The van der Waals surface area contributed by atoms with E-state index < -0.39 is 17.2 Å². The fraction of sp³-hybridized carbons (Fsp3) is 0.400. The van der Waals surface area contributed by atoms with Crippen LogP contribution in [0.4, 0.5) is 10.1 Å². The summed E-state index contributed by atoms with van der Waals surface area (Å²) >= 11 is 6.33. The molecule has 0 amide bonds. The third kappa shape index (κ3) is 3.74. The summed E-state index contributed by atoms with van der Waals surface area (Å²) in [5.74, 6) is -1.91. The first-order valence-corrected chi connectivity index (χ1v) is 9.60. The Morgan fingerprint density at radius 2 is 1.90 bits per heavy atom. The van der Waals surface area contributed by atoms with Gasteiger partial charge in [-0.25, -0.2) is 9.18 Å². The Balaban J connectivity index is 0.00000240. The van der Waals surface area contributed by atoms with E-state index in [4.69, 9.17) is 11.6 Å². The summed E-state index contributed by atoms with van der Waals surface area (Å²) in [6, 6.07) is 1.22. The van der Waals surface area contributed by atoms with Crippen molar-refractivity contribution in [2.24, 2.45) is 0 Å². The van der Waals surface area contributed by atoms with Crippen LogP contribution in [0.1, 0.15) is 34.8 Å². The number of carboxylic acids is 1. The summed E-state index contributed by atoms with van der Waals surface area (Å²) in [5, 5.41) is 9.58. The summed E-state index contributed by atoms with van der Waals surface area (Å²) < 4.78 is 17.0. The highest BCUT2D eigenvalue weighted by molar-refractivity contribution is 6.50. The number of nitrogens with zero attached hydrogens (tertiary/aromatic N) is 3. The summed E-state index contributed by atoms with van der Waals surface area (Å²) in [7, 11) is 2.01. The highest BCUT2D eigenvalue weighted by Crippen LogP contribution is 2.42. The lowest BCUT2D eigenvalue weighted by molar-refractivity contribution is 0.0695. The molecule has 4 rings (SSSR count). The molecule has 0 atom stereocenters. The largest absolute Gasteiger partial charge is 0.477 e. The third-order valence-electron chi connectivity index (χ3n) is 5.50. The normalized spacial score (nSPS) is 17.3. The molecule has 0 spiro atoms. The maximum Gasteiger partial charge on any atom is 0.341 e. The van der Waals surface area contributed by atoms with Gasteiger partial charge in [-0.15, -0.1) is 12.4 Å². The number of benzene rings is 1. The fourth-order valence-electron chi connectivity index (χ4n) is 3.87. The van der Waals surface area contributed by atoms with Crippen molar-refractivity contribution < 1.29 is 14.3 Å². The van der Waals surface area contributed by atoms with Crippen molar-refractivity contribution in [3.8, 4) is 0 Å². The summed E-state index contributed by atoms with van der Waals surface area (Å²) in [6.07, 6.45) is 3.10. The predicted molar refractivity (Wildman–Crippen MR) is 115 cm³/mol. The lowest BCUT2D eigenvalue weighted by atomic mass is 10.0. The first-order valence-electron chi connectivity index (χ1n) is 9.22. The third-order valence-corrected chi connectivity index (χ3v) is 5.69.